The number of carbonyl (C=O) groups excluding carboxylic acids is 2. The lowest BCUT2D eigenvalue weighted by Crippen LogP contribution is -2.45. The Morgan fingerprint density at radius 1 is 1.00 bits per heavy atom. The van der Waals surface area contributed by atoms with Crippen LogP contribution in [0.1, 0.15) is 38.8 Å². The van der Waals surface area contributed by atoms with Crippen LogP contribution in [0.25, 0.3) is 0 Å². The second kappa shape index (κ2) is 11.0. The van der Waals surface area contributed by atoms with Gasteiger partial charge in [-0.25, -0.2) is 0 Å². The van der Waals surface area contributed by atoms with Gasteiger partial charge in [0.1, 0.15) is 0 Å². The van der Waals surface area contributed by atoms with E-state index in [-0.39, 0.29) is 23.5 Å². The third-order valence-corrected chi connectivity index (χ3v) is 8.28. The van der Waals surface area contributed by atoms with Gasteiger partial charge in [-0.2, -0.15) is 0 Å². The van der Waals surface area contributed by atoms with Crippen LogP contribution in [-0.4, -0.2) is 70.7 Å². The fraction of sp³-hybridized carbons (Fsp3) is 0.333. The molecule has 10 heteroatoms. The monoisotopic (exact) mass is 538 g/mol. The van der Waals surface area contributed by atoms with Crippen molar-refractivity contribution in [1.82, 2.24) is 14.7 Å². The van der Waals surface area contributed by atoms with Crippen LogP contribution in [0.5, 0.6) is 0 Å². The number of rotatable bonds is 5. The van der Waals surface area contributed by atoms with Crippen LogP contribution in [0, 0.1) is 10.1 Å². The van der Waals surface area contributed by atoms with Gasteiger partial charge in [0.2, 0.25) is 5.91 Å². The maximum atomic E-state index is 13.5. The Morgan fingerprint density at radius 3 is 2.54 bits per heavy atom. The maximum absolute atomic E-state index is 13.5. The number of nitro benzene ring substituents is 1. The predicted octanol–water partition coefficient (Wildman–Crippen LogP) is 4.63. The van der Waals surface area contributed by atoms with Crippen LogP contribution in [0.4, 0.5) is 5.69 Å². The van der Waals surface area contributed by atoms with Gasteiger partial charge < -0.3 is 9.80 Å². The topological polar surface area (TPSA) is 87.0 Å². The summed E-state index contributed by atoms with van der Waals surface area (Å²) in [6, 6.07) is 15.8. The molecule has 0 radical (unpaired) electrons. The largest absolute Gasteiger partial charge is 0.340 e. The van der Waals surface area contributed by atoms with Gasteiger partial charge in [0, 0.05) is 60.3 Å². The quantitative estimate of drug-likeness (QED) is 0.349. The van der Waals surface area contributed by atoms with Crippen LogP contribution in [0.3, 0.4) is 0 Å². The summed E-state index contributed by atoms with van der Waals surface area (Å²) >= 11 is 7.89. The van der Waals surface area contributed by atoms with Gasteiger partial charge in [-0.3, -0.25) is 24.6 Å². The second-order valence-corrected chi connectivity index (χ2v) is 10.7. The minimum Gasteiger partial charge on any atom is -0.340 e. The van der Waals surface area contributed by atoms with Crippen molar-refractivity contribution < 1.29 is 14.5 Å². The first-order chi connectivity index (χ1) is 17.9. The zero-order chi connectivity index (χ0) is 25.9. The van der Waals surface area contributed by atoms with Crippen LogP contribution in [0.15, 0.2) is 60.0 Å². The van der Waals surface area contributed by atoms with Crippen molar-refractivity contribution in [3.63, 3.8) is 0 Å². The Balaban J connectivity index is 1.26. The molecule has 3 heterocycles. The van der Waals surface area contributed by atoms with E-state index >= 15 is 0 Å². The molecule has 1 aromatic heterocycles. The third-order valence-electron chi connectivity index (χ3n) is 7.03. The first-order valence-electron chi connectivity index (χ1n) is 12.3. The number of nitro groups is 1. The first-order valence-corrected chi connectivity index (χ1v) is 13.5. The highest BCUT2D eigenvalue weighted by Gasteiger charge is 2.32. The molecular weight excluding hydrogens is 512 g/mol. The number of fused-ring (bicyclic) bond motifs is 1. The Labute approximate surface area is 224 Å². The highest BCUT2D eigenvalue weighted by molar-refractivity contribution is 7.10. The summed E-state index contributed by atoms with van der Waals surface area (Å²) in [4.78, 5) is 44.2. The Hall–Kier alpha value is -3.27. The van der Waals surface area contributed by atoms with Crippen molar-refractivity contribution in [2.45, 2.75) is 18.9 Å². The van der Waals surface area contributed by atoms with E-state index in [1.54, 1.807) is 22.3 Å². The lowest BCUT2D eigenvalue weighted by molar-refractivity contribution is -0.384. The van der Waals surface area contributed by atoms with E-state index in [0.29, 0.717) is 49.7 Å². The van der Waals surface area contributed by atoms with E-state index in [4.69, 9.17) is 11.6 Å². The fourth-order valence-electron chi connectivity index (χ4n) is 5.15. The number of thiophene rings is 1. The van der Waals surface area contributed by atoms with Gasteiger partial charge in [0.25, 0.3) is 11.6 Å². The molecular formula is C27H27ClN4O4S. The van der Waals surface area contributed by atoms with Crippen LogP contribution >= 0.6 is 22.9 Å². The lowest BCUT2D eigenvalue weighted by Gasteiger charge is -2.37. The molecule has 0 N–H and O–H groups in total. The molecule has 1 fully saturated rings. The van der Waals surface area contributed by atoms with Crippen molar-refractivity contribution in [1.29, 1.82) is 0 Å². The minimum absolute atomic E-state index is 0.00450. The average Bonchev–Trinajstić information content (AvgIpc) is 3.24. The highest BCUT2D eigenvalue weighted by Crippen LogP contribution is 2.38. The Kier molecular flexibility index (Phi) is 7.55. The van der Waals surface area contributed by atoms with Gasteiger partial charge in [0.05, 0.1) is 17.5 Å². The zero-order valence-corrected chi connectivity index (χ0v) is 21.8. The molecule has 0 bridgehead atoms. The lowest BCUT2D eigenvalue weighted by atomic mass is 9.93. The molecule has 0 aliphatic carbocycles. The van der Waals surface area contributed by atoms with Crippen molar-refractivity contribution in [3.05, 3.63) is 96.7 Å². The molecule has 1 atom stereocenters. The summed E-state index contributed by atoms with van der Waals surface area (Å²) in [6.45, 7) is 2.98. The Bertz CT molecular complexity index is 1310. The van der Waals surface area contributed by atoms with E-state index in [1.807, 2.05) is 29.2 Å². The molecule has 0 unspecified atom stereocenters. The van der Waals surface area contributed by atoms with Crippen molar-refractivity contribution in [3.8, 4) is 0 Å². The van der Waals surface area contributed by atoms with E-state index < -0.39 is 4.92 Å². The molecule has 8 nitrogen and oxygen atoms in total. The smallest absolute Gasteiger partial charge is 0.270 e. The number of benzene rings is 2. The molecule has 2 aliphatic rings. The summed E-state index contributed by atoms with van der Waals surface area (Å²) in [5.41, 5.74) is 2.54. The van der Waals surface area contributed by atoms with Crippen LogP contribution in [0.2, 0.25) is 5.02 Å². The Morgan fingerprint density at radius 2 is 1.76 bits per heavy atom. The van der Waals surface area contributed by atoms with E-state index in [9.17, 15) is 19.7 Å². The molecule has 2 amide bonds. The van der Waals surface area contributed by atoms with Crippen LogP contribution < -0.4 is 0 Å². The van der Waals surface area contributed by atoms with Crippen molar-refractivity contribution >= 4 is 40.4 Å². The number of halogens is 1. The molecule has 5 rings (SSSR count). The number of non-ortho nitro benzene ring substituents is 1. The van der Waals surface area contributed by atoms with Crippen LogP contribution in [-0.2, 0) is 11.2 Å². The van der Waals surface area contributed by atoms with E-state index in [1.165, 1.54) is 28.6 Å². The molecule has 3 aromatic rings. The summed E-state index contributed by atoms with van der Waals surface area (Å²) < 4.78 is 0. The standard InChI is InChI=1S/C27H27ClN4O4S/c28-21-7-5-19(6-8-21)26-23-10-16-37-24(23)9-13-31(26)18-25(33)29-11-2-12-30(15-14-29)27(34)20-3-1-4-22(17-20)32(35)36/h1,3-8,10,16-17,26H,2,9,11-15,18H2/t26-/m0/s1. The van der Waals surface area contributed by atoms with Gasteiger partial charge in [-0.1, -0.05) is 29.8 Å². The summed E-state index contributed by atoms with van der Waals surface area (Å²) in [5.74, 6) is -0.205. The van der Waals surface area contributed by atoms with Gasteiger partial charge >= 0.3 is 0 Å². The molecule has 0 spiro atoms. The van der Waals surface area contributed by atoms with E-state index in [0.717, 1.165) is 18.5 Å². The minimum atomic E-state index is -0.503. The van der Waals surface area contributed by atoms with Gasteiger partial charge in [-0.15, -0.1) is 11.3 Å². The molecule has 0 saturated carbocycles. The average molecular weight is 539 g/mol. The second-order valence-electron chi connectivity index (χ2n) is 9.31. The SMILES string of the molecule is O=C(CN1CCc2sccc2[C@@H]1c1ccc(Cl)cc1)N1CCCN(C(=O)c2cccc([N+](=O)[O-])c2)CC1. The van der Waals surface area contributed by atoms with Crippen molar-refractivity contribution in [2.24, 2.45) is 0 Å². The molecule has 37 heavy (non-hydrogen) atoms. The number of amides is 2. The zero-order valence-electron chi connectivity index (χ0n) is 20.2. The third kappa shape index (κ3) is 5.53. The summed E-state index contributed by atoms with van der Waals surface area (Å²) in [5, 5.41) is 13.9. The number of hydrogen-bond acceptors (Lipinski definition) is 6. The van der Waals surface area contributed by atoms with E-state index in [2.05, 4.69) is 16.3 Å². The number of nitrogens with zero attached hydrogens (tertiary/aromatic N) is 4. The number of hydrogen-bond donors (Lipinski definition) is 0. The summed E-state index contributed by atoms with van der Waals surface area (Å²) in [6.07, 6.45) is 1.57. The molecule has 192 valence electrons. The van der Waals surface area contributed by atoms with Gasteiger partial charge in [0.15, 0.2) is 0 Å². The maximum Gasteiger partial charge on any atom is 0.270 e. The number of carbonyl (C=O) groups is 2. The first kappa shape index (κ1) is 25.4. The predicted molar refractivity (Wildman–Crippen MR) is 143 cm³/mol. The fourth-order valence-corrected chi connectivity index (χ4v) is 6.18. The highest BCUT2D eigenvalue weighted by atomic mass is 35.5. The van der Waals surface area contributed by atoms with Gasteiger partial charge in [-0.05, 0) is 53.6 Å². The van der Waals surface area contributed by atoms with Crippen molar-refractivity contribution in [2.75, 3.05) is 39.3 Å². The summed E-state index contributed by atoms with van der Waals surface area (Å²) in [7, 11) is 0. The normalized spacial score (nSPS) is 18.2. The molecule has 2 aliphatic heterocycles. The molecule has 2 aromatic carbocycles. The molecule has 1 saturated heterocycles.